The number of carbonyl (C=O) groups excluding carboxylic acids is 1. The summed E-state index contributed by atoms with van der Waals surface area (Å²) in [7, 11) is 1.65. The molecule has 2 fully saturated rings. The van der Waals surface area contributed by atoms with E-state index in [1.54, 1.807) is 7.11 Å². The SMILES string of the molecule is COc1cccc(CC2(O)CC3CCCC(C2)N3C(=O)OCc2ccccc2)c1. The summed E-state index contributed by atoms with van der Waals surface area (Å²) in [5.41, 5.74) is 1.24. The molecule has 2 aromatic rings. The molecule has 154 valence electrons. The first-order valence-electron chi connectivity index (χ1n) is 10.4. The molecule has 2 aliphatic heterocycles. The second kappa shape index (κ2) is 8.46. The minimum atomic E-state index is -0.807. The lowest BCUT2D eigenvalue weighted by Crippen LogP contribution is -2.60. The van der Waals surface area contributed by atoms with Gasteiger partial charge in [-0.05, 0) is 55.4 Å². The lowest BCUT2D eigenvalue weighted by atomic mass is 9.73. The van der Waals surface area contributed by atoms with Crippen LogP contribution in [0.4, 0.5) is 4.79 Å². The number of methoxy groups -OCH3 is 1. The summed E-state index contributed by atoms with van der Waals surface area (Å²) >= 11 is 0. The number of hydrogen-bond donors (Lipinski definition) is 1. The molecule has 4 rings (SSSR count). The molecule has 5 nitrogen and oxygen atoms in total. The molecule has 29 heavy (non-hydrogen) atoms. The van der Waals surface area contributed by atoms with Crippen molar-refractivity contribution in [2.24, 2.45) is 0 Å². The second-order valence-electron chi connectivity index (χ2n) is 8.35. The van der Waals surface area contributed by atoms with Gasteiger partial charge in [0.15, 0.2) is 0 Å². The van der Waals surface area contributed by atoms with Crippen LogP contribution in [0.1, 0.15) is 43.2 Å². The van der Waals surface area contributed by atoms with Crippen LogP contribution in [0.2, 0.25) is 0 Å². The Kier molecular flexibility index (Phi) is 5.76. The molecule has 2 atom stereocenters. The number of amides is 1. The van der Waals surface area contributed by atoms with Gasteiger partial charge in [0.25, 0.3) is 0 Å². The molecule has 1 amide bonds. The summed E-state index contributed by atoms with van der Waals surface area (Å²) in [6.45, 7) is 0.281. The maximum Gasteiger partial charge on any atom is 0.410 e. The molecule has 5 heteroatoms. The molecule has 0 aliphatic carbocycles. The van der Waals surface area contributed by atoms with Crippen LogP contribution in [0.15, 0.2) is 54.6 Å². The number of carbonyl (C=O) groups is 1. The monoisotopic (exact) mass is 395 g/mol. The average Bonchev–Trinajstić information content (AvgIpc) is 2.72. The zero-order chi connectivity index (χ0) is 20.3. The van der Waals surface area contributed by atoms with Gasteiger partial charge in [-0.15, -0.1) is 0 Å². The largest absolute Gasteiger partial charge is 0.497 e. The van der Waals surface area contributed by atoms with Crippen molar-refractivity contribution in [3.8, 4) is 5.75 Å². The molecule has 2 unspecified atom stereocenters. The minimum Gasteiger partial charge on any atom is -0.497 e. The molecule has 2 bridgehead atoms. The number of benzene rings is 2. The highest BCUT2D eigenvalue weighted by Crippen LogP contribution is 2.41. The summed E-state index contributed by atoms with van der Waals surface area (Å²) in [6.07, 6.45) is 4.40. The summed E-state index contributed by atoms with van der Waals surface area (Å²) in [6, 6.07) is 17.7. The number of hydrogen-bond acceptors (Lipinski definition) is 4. The van der Waals surface area contributed by atoms with Crippen molar-refractivity contribution in [2.75, 3.05) is 7.11 Å². The van der Waals surface area contributed by atoms with Crippen LogP contribution >= 0.6 is 0 Å². The van der Waals surface area contributed by atoms with Crippen molar-refractivity contribution in [2.45, 2.75) is 62.8 Å². The van der Waals surface area contributed by atoms with E-state index in [-0.39, 0.29) is 24.8 Å². The van der Waals surface area contributed by atoms with Gasteiger partial charge in [0.05, 0.1) is 12.7 Å². The fourth-order valence-electron chi connectivity index (χ4n) is 4.93. The Bertz CT molecular complexity index is 824. The van der Waals surface area contributed by atoms with Crippen molar-refractivity contribution >= 4 is 6.09 Å². The van der Waals surface area contributed by atoms with Gasteiger partial charge in [0.2, 0.25) is 0 Å². The molecular formula is C24H29NO4. The normalized spacial score (nSPS) is 26.1. The second-order valence-corrected chi connectivity index (χ2v) is 8.35. The molecular weight excluding hydrogens is 366 g/mol. The summed E-state index contributed by atoms with van der Waals surface area (Å²) in [5, 5.41) is 11.4. The van der Waals surface area contributed by atoms with Crippen molar-refractivity contribution in [3.63, 3.8) is 0 Å². The van der Waals surface area contributed by atoms with Crippen molar-refractivity contribution < 1.29 is 19.4 Å². The molecule has 2 saturated heterocycles. The van der Waals surface area contributed by atoms with Crippen LogP contribution in [0.25, 0.3) is 0 Å². The van der Waals surface area contributed by atoms with E-state index in [0.717, 1.165) is 36.1 Å². The zero-order valence-electron chi connectivity index (χ0n) is 16.9. The van der Waals surface area contributed by atoms with Gasteiger partial charge in [-0.2, -0.15) is 0 Å². The first-order chi connectivity index (χ1) is 14.1. The molecule has 2 aromatic carbocycles. The van der Waals surface area contributed by atoms with E-state index in [0.29, 0.717) is 19.3 Å². The van der Waals surface area contributed by atoms with E-state index < -0.39 is 5.60 Å². The number of nitrogens with zero attached hydrogens (tertiary/aromatic N) is 1. The zero-order valence-corrected chi connectivity index (χ0v) is 16.9. The smallest absolute Gasteiger partial charge is 0.410 e. The van der Waals surface area contributed by atoms with E-state index in [1.807, 2.05) is 59.5 Å². The third-order valence-electron chi connectivity index (χ3n) is 6.18. The fraction of sp³-hybridized carbons (Fsp3) is 0.458. The van der Waals surface area contributed by atoms with Crippen molar-refractivity contribution in [3.05, 3.63) is 65.7 Å². The third kappa shape index (κ3) is 4.56. The minimum absolute atomic E-state index is 0.0291. The van der Waals surface area contributed by atoms with E-state index in [2.05, 4.69) is 0 Å². The van der Waals surface area contributed by atoms with Gasteiger partial charge < -0.3 is 19.5 Å². The third-order valence-corrected chi connectivity index (χ3v) is 6.18. The molecule has 1 N–H and O–H groups in total. The van der Waals surface area contributed by atoms with Crippen LogP contribution in [0.3, 0.4) is 0 Å². The van der Waals surface area contributed by atoms with E-state index >= 15 is 0 Å². The number of aliphatic hydroxyl groups is 1. The summed E-state index contributed by atoms with van der Waals surface area (Å²) < 4.78 is 10.9. The maximum absolute atomic E-state index is 12.8. The number of piperidine rings is 2. The molecule has 0 aromatic heterocycles. The predicted octanol–water partition coefficient (Wildman–Crippen LogP) is 4.32. The number of rotatable bonds is 5. The summed E-state index contributed by atoms with van der Waals surface area (Å²) in [5.74, 6) is 0.799. The average molecular weight is 395 g/mol. The Morgan fingerprint density at radius 3 is 2.45 bits per heavy atom. The Balaban J connectivity index is 1.43. The standard InChI is InChI=1S/C24H29NO4/c1-28-22-12-5-9-19(13-22)14-24(27)15-20-10-6-11-21(16-24)25(20)23(26)29-17-18-7-3-2-4-8-18/h2-5,7-9,12-13,20-21,27H,6,10-11,14-17H2,1H3. The highest BCUT2D eigenvalue weighted by atomic mass is 16.6. The van der Waals surface area contributed by atoms with Crippen LogP contribution in [-0.4, -0.2) is 40.9 Å². The quantitative estimate of drug-likeness (QED) is 0.819. The Hall–Kier alpha value is -2.53. The first-order valence-corrected chi connectivity index (χ1v) is 10.4. The fourth-order valence-corrected chi connectivity index (χ4v) is 4.93. The van der Waals surface area contributed by atoms with Crippen LogP contribution in [0, 0.1) is 0 Å². The Labute approximate surface area is 172 Å². The molecule has 2 aliphatic rings. The molecule has 0 radical (unpaired) electrons. The van der Waals surface area contributed by atoms with E-state index in [9.17, 15) is 9.90 Å². The Morgan fingerprint density at radius 2 is 1.76 bits per heavy atom. The van der Waals surface area contributed by atoms with E-state index in [4.69, 9.17) is 9.47 Å². The van der Waals surface area contributed by atoms with Crippen LogP contribution in [-0.2, 0) is 17.8 Å². The molecule has 0 saturated carbocycles. The van der Waals surface area contributed by atoms with Crippen molar-refractivity contribution in [1.29, 1.82) is 0 Å². The van der Waals surface area contributed by atoms with Gasteiger partial charge in [-0.25, -0.2) is 4.79 Å². The first kappa shape index (κ1) is 19.8. The van der Waals surface area contributed by atoms with Crippen molar-refractivity contribution in [1.82, 2.24) is 4.90 Å². The highest BCUT2D eigenvalue weighted by molar-refractivity contribution is 5.69. The van der Waals surface area contributed by atoms with E-state index in [1.165, 1.54) is 0 Å². The molecule has 0 spiro atoms. The van der Waals surface area contributed by atoms with Gasteiger partial charge >= 0.3 is 6.09 Å². The molecule has 2 heterocycles. The lowest BCUT2D eigenvalue weighted by molar-refractivity contribution is -0.0846. The van der Waals surface area contributed by atoms with Gasteiger partial charge in [0.1, 0.15) is 12.4 Å². The predicted molar refractivity (Wildman–Crippen MR) is 111 cm³/mol. The topological polar surface area (TPSA) is 59.0 Å². The number of ether oxygens (including phenoxy) is 2. The maximum atomic E-state index is 12.8. The Morgan fingerprint density at radius 1 is 1.07 bits per heavy atom. The van der Waals surface area contributed by atoms with Gasteiger partial charge in [-0.1, -0.05) is 42.5 Å². The van der Waals surface area contributed by atoms with Gasteiger partial charge in [0, 0.05) is 18.5 Å². The van der Waals surface area contributed by atoms with Crippen LogP contribution < -0.4 is 4.74 Å². The lowest BCUT2D eigenvalue weighted by Gasteiger charge is -2.51. The van der Waals surface area contributed by atoms with Gasteiger partial charge in [-0.3, -0.25) is 0 Å². The highest BCUT2D eigenvalue weighted by Gasteiger charge is 2.47. The van der Waals surface area contributed by atoms with Crippen LogP contribution in [0.5, 0.6) is 5.75 Å². The number of fused-ring (bicyclic) bond motifs is 2. The summed E-state index contributed by atoms with van der Waals surface area (Å²) in [4.78, 5) is 14.7.